The summed E-state index contributed by atoms with van der Waals surface area (Å²) in [4.78, 5) is 24.3. The summed E-state index contributed by atoms with van der Waals surface area (Å²) in [5.74, 6) is -0.422. The highest BCUT2D eigenvalue weighted by Gasteiger charge is 2.52. The number of nitrogens with two attached hydrogens (primary N) is 1. The van der Waals surface area contributed by atoms with Crippen molar-refractivity contribution in [2.24, 2.45) is 5.73 Å². The Morgan fingerprint density at radius 1 is 1.40 bits per heavy atom. The predicted octanol–water partition coefficient (Wildman–Crippen LogP) is 1.12. The number of ether oxygens (including phenoxy) is 1. The average molecular weight is 272 g/mol. The van der Waals surface area contributed by atoms with Crippen LogP contribution in [0.5, 0.6) is 0 Å². The highest BCUT2D eigenvalue weighted by atomic mass is 16.5. The number of hydrogen-bond acceptors (Lipinski definition) is 3. The topological polar surface area (TPSA) is 74.3 Å². The van der Waals surface area contributed by atoms with E-state index in [2.05, 4.69) is 0 Å². The maximum absolute atomic E-state index is 12.6. The zero-order valence-electron chi connectivity index (χ0n) is 11.3. The summed E-state index contributed by atoms with van der Waals surface area (Å²) in [5.41, 5.74) is 5.88. The first-order valence-electron chi connectivity index (χ1n) is 6.52. The fraction of sp³-hybridized carbons (Fsp3) is 0.333. The van der Waals surface area contributed by atoms with Gasteiger partial charge in [-0.05, 0) is 25.0 Å². The number of benzene rings is 1. The van der Waals surface area contributed by atoms with Crippen LogP contribution in [-0.2, 0) is 21.7 Å². The molecule has 1 heterocycles. The van der Waals surface area contributed by atoms with Gasteiger partial charge in [0.25, 0.3) is 0 Å². The lowest BCUT2D eigenvalue weighted by molar-refractivity contribution is -0.120. The van der Waals surface area contributed by atoms with Gasteiger partial charge >= 0.3 is 0 Å². The lowest BCUT2D eigenvalue weighted by Gasteiger charge is -2.16. The van der Waals surface area contributed by atoms with E-state index < -0.39 is 11.3 Å². The van der Waals surface area contributed by atoms with E-state index in [1.165, 1.54) is 0 Å². The maximum atomic E-state index is 12.6. The van der Waals surface area contributed by atoms with Crippen LogP contribution in [0.3, 0.4) is 0 Å². The molecule has 1 amide bonds. The monoisotopic (exact) mass is 272 g/mol. The second-order valence-corrected chi connectivity index (χ2v) is 5.22. The lowest BCUT2D eigenvalue weighted by atomic mass is 9.95. The van der Waals surface area contributed by atoms with Crippen LogP contribution < -0.4 is 11.2 Å². The van der Waals surface area contributed by atoms with E-state index in [1.54, 1.807) is 19.4 Å². The minimum atomic E-state index is -0.781. The van der Waals surface area contributed by atoms with E-state index in [4.69, 9.17) is 10.5 Å². The SMILES string of the molecule is COCn1cc(C2(C(N)=O)CC2)c(=O)c2ccccc21. The zero-order valence-corrected chi connectivity index (χ0v) is 11.3. The molecule has 1 aromatic heterocycles. The van der Waals surface area contributed by atoms with Crippen LogP contribution >= 0.6 is 0 Å². The molecule has 20 heavy (non-hydrogen) atoms. The van der Waals surface area contributed by atoms with Gasteiger partial charge < -0.3 is 15.0 Å². The van der Waals surface area contributed by atoms with Gasteiger partial charge in [-0.3, -0.25) is 9.59 Å². The van der Waals surface area contributed by atoms with Crippen LogP contribution in [0.2, 0.25) is 0 Å². The molecular weight excluding hydrogens is 256 g/mol. The fourth-order valence-corrected chi connectivity index (χ4v) is 2.71. The summed E-state index contributed by atoms with van der Waals surface area (Å²) in [6, 6.07) is 7.32. The molecule has 0 atom stereocenters. The lowest BCUT2D eigenvalue weighted by Crippen LogP contribution is -2.33. The fourth-order valence-electron chi connectivity index (χ4n) is 2.71. The number of carbonyl (C=O) groups is 1. The van der Waals surface area contributed by atoms with Crippen LogP contribution in [0.1, 0.15) is 18.4 Å². The summed E-state index contributed by atoms with van der Waals surface area (Å²) >= 11 is 0. The van der Waals surface area contributed by atoms with E-state index in [1.807, 2.05) is 22.8 Å². The third kappa shape index (κ3) is 1.74. The van der Waals surface area contributed by atoms with Crippen molar-refractivity contribution in [3.05, 3.63) is 46.2 Å². The third-order valence-corrected chi connectivity index (χ3v) is 3.99. The van der Waals surface area contributed by atoms with E-state index in [0.29, 0.717) is 30.5 Å². The van der Waals surface area contributed by atoms with Gasteiger partial charge in [0.1, 0.15) is 6.73 Å². The smallest absolute Gasteiger partial charge is 0.228 e. The largest absolute Gasteiger partial charge is 0.369 e. The van der Waals surface area contributed by atoms with E-state index in [-0.39, 0.29) is 5.43 Å². The first-order chi connectivity index (χ1) is 9.60. The van der Waals surface area contributed by atoms with Crippen molar-refractivity contribution < 1.29 is 9.53 Å². The van der Waals surface area contributed by atoms with Gasteiger partial charge in [-0.15, -0.1) is 0 Å². The molecule has 0 bridgehead atoms. The van der Waals surface area contributed by atoms with Crippen LogP contribution in [0.25, 0.3) is 10.9 Å². The number of nitrogens with zero attached hydrogens (tertiary/aromatic N) is 1. The quantitative estimate of drug-likeness (QED) is 0.906. The molecule has 0 spiro atoms. The Hall–Kier alpha value is -2.14. The van der Waals surface area contributed by atoms with Crippen LogP contribution in [-0.4, -0.2) is 17.6 Å². The molecule has 1 saturated carbocycles. The molecule has 5 nitrogen and oxygen atoms in total. The third-order valence-electron chi connectivity index (χ3n) is 3.99. The number of fused-ring (bicyclic) bond motifs is 1. The number of aromatic nitrogens is 1. The van der Waals surface area contributed by atoms with Gasteiger partial charge in [-0.1, -0.05) is 12.1 Å². The highest BCUT2D eigenvalue weighted by Crippen LogP contribution is 2.46. The average Bonchev–Trinajstić information content (AvgIpc) is 3.24. The Labute approximate surface area is 116 Å². The molecule has 1 fully saturated rings. The molecule has 0 unspecified atom stereocenters. The molecule has 2 N–H and O–H groups in total. The summed E-state index contributed by atoms with van der Waals surface area (Å²) in [6.45, 7) is 0.322. The molecule has 104 valence electrons. The molecule has 1 aliphatic carbocycles. The number of carbonyl (C=O) groups excluding carboxylic acids is 1. The van der Waals surface area contributed by atoms with Gasteiger partial charge in [0, 0.05) is 24.3 Å². The molecule has 2 aromatic rings. The number of hydrogen-bond donors (Lipinski definition) is 1. The number of methoxy groups -OCH3 is 1. The van der Waals surface area contributed by atoms with Crippen LogP contribution in [0.4, 0.5) is 0 Å². The summed E-state index contributed by atoms with van der Waals surface area (Å²) < 4.78 is 7.01. The Balaban J connectivity index is 2.32. The second-order valence-electron chi connectivity index (χ2n) is 5.22. The minimum Gasteiger partial charge on any atom is -0.369 e. The molecule has 0 saturated heterocycles. The van der Waals surface area contributed by atoms with Crippen molar-refractivity contribution in [2.75, 3.05) is 7.11 Å². The van der Waals surface area contributed by atoms with Gasteiger partial charge in [0.05, 0.1) is 10.9 Å². The number of para-hydroxylation sites is 1. The van der Waals surface area contributed by atoms with Gasteiger partial charge in [-0.2, -0.15) is 0 Å². The Morgan fingerprint density at radius 3 is 2.70 bits per heavy atom. The van der Waals surface area contributed by atoms with E-state index in [9.17, 15) is 9.59 Å². The standard InChI is InChI=1S/C15H16N2O3/c1-20-9-17-8-11(15(6-7-15)14(16)19)13(18)10-4-2-3-5-12(10)17/h2-5,8H,6-7,9H2,1H3,(H2,16,19). The van der Waals surface area contributed by atoms with Crippen molar-refractivity contribution in [1.29, 1.82) is 0 Å². The first-order valence-corrected chi connectivity index (χ1v) is 6.52. The van der Waals surface area contributed by atoms with E-state index in [0.717, 1.165) is 5.52 Å². The van der Waals surface area contributed by atoms with Crippen molar-refractivity contribution in [3.63, 3.8) is 0 Å². The number of amides is 1. The molecule has 3 rings (SSSR count). The van der Waals surface area contributed by atoms with Crippen LogP contribution in [0, 0.1) is 0 Å². The Kier molecular flexibility index (Phi) is 2.87. The van der Waals surface area contributed by atoms with Crippen LogP contribution in [0.15, 0.2) is 35.3 Å². The van der Waals surface area contributed by atoms with E-state index >= 15 is 0 Å². The van der Waals surface area contributed by atoms with Crippen molar-refractivity contribution in [3.8, 4) is 0 Å². The summed E-state index contributed by atoms with van der Waals surface area (Å²) in [5, 5.41) is 0.592. The Bertz CT molecular complexity index is 744. The molecular formula is C15H16N2O3. The highest BCUT2D eigenvalue weighted by molar-refractivity contribution is 5.91. The zero-order chi connectivity index (χ0) is 14.3. The Morgan fingerprint density at radius 2 is 2.10 bits per heavy atom. The van der Waals surface area contributed by atoms with Crippen molar-refractivity contribution >= 4 is 16.8 Å². The molecule has 5 heteroatoms. The molecule has 1 aromatic carbocycles. The summed E-state index contributed by atoms with van der Waals surface area (Å²) in [7, 11) is 1.59. The number of rotatable bonds is 4. The van der Waals surface area contributed by atoms with Crippen molar-refractivity contribution in [1.82, 2.24) is 4.57 Å². The maximum Gasteiger partial charge on any atom is 0.228 e. The number of pyridine rings is 1. The second kappa shape index (κ2) is 4.45. The number of primary amides is 1. The molecule has 0 radical (unpaired) electrons. The minimum absolute atomic E-state index is 0.107. The van der Waals surface area contributed by atoms with Crippen molar-refractivity contribution in [2.45, 2.75) is 25.0 Å². The first kappa shape index (κ1) is 12.9. The van der Waals surface area contributed by atoms with Gasteiger partial charge in [0.2, 0.25) is 5.91 Å². The summed E-state index contributed by atoms with van der Waals surface area (Å²) in [6.07, 6.45) is 3.00. The van der Waals surface area contributed by atoms with Gasteiger partial charge in [0.15, 0.2) is 5.43 Å². The van der Waals surface area contributed by atoms with Gasteiger partial charge in [-0.25, -0.2) is 0 Å². The predicted molar refractivity (Wildman–Crippen MR) is 75.3 cm³/mol. The molecule has 0 aliphatic heterocycles. The molecule has 1 aliphatic rings. The normalized spacial score (nSPS) is 16.2.